The maximum absolute atomic E-state index is 8.75. The molecule has 0 aliphatic rings. The van der Waals surface area contributed by atoms with Crippen LogP contribution >= 0.6 is 0 Å². The van der Waals surface area contributed by atoms with E-state index < -0.39 is 0 Å². The molecule has 0 aromatic heterocycles. The van der Waals surface area contributed by atoms with E-state index in [0.717, 1.165) is 13.1 Å². The first-order chi connectivity index (χ1) is 5.52. The van der Waals surface area contributed by atoms with Gasteiger partial charge in [0.15, 0.2) is 0 Å². The molecule has 3 heteroatoms. The van der Waals surface area contributed by atoms with Crippen LogP contribution in [0.2, 0.25) is 0 Å². The highest BCUT2D eigenvalue weighted by Crippen LogP contribution is 2.04. The summed E-state index contributed by atoms with van der Waals surface area (Å²) in [5.41, 5.74) is -0.116. The van der Waals surface area contributed by atoms with E-state index in [-0.39, 0.29) is 12.2 Å². The predicted molar refractivity (Wildman–Crippen MR) is 50.2 cm³/mol. The van der Waals surface area contributed by atoms with E-state index in [2.05, 4.69) is 5.32 Å². The van der Waals surface area contributed by atoms with Crippen LogP contribution in [0.3, 0.4) is 0 Å². The van der Waals surface area contributed by atoms with Crippen LogP contribution in [0.4, 0.5) is 0 Å². The highest BCUT2D eigenvalue weighted by atomic mass is 16.5. The molecule has 1 unspecified atom stereocenters. The fourth-order valence-electron chi connectivity index (χ4n) is 0.756. The molecule has 12 heavy (non-hydrogen) atoms. The van der Waals surface area contributed by atoms with Gasteiger partial charge in [0.2, 0.25) is 0 Å². The van der Waals surface area contributed by atoms with Gasteiger partial charge >= 0.3 is 0 Å². The Hall–Kier alpha value is -0.120. The van der Waals surface area contributed by atoms with Crippen molar-refractivity contribution in [2.75, 3.05) is 26.8 Å². The lowest BCUT2D eigenvalue weighted by molar-refractivity contribution is 0.0223. The minimum absolute atomic E-state index is 0.116. The minimum Gasteiger partial charge on any atom is -0.396 e. The second kappa shape index (κ2) is 5.51. The van der Waals surface area contributed by atoms with Crippen LogP contribution in [0.1, 0.15) is 20.8 Å². The summed E-state index contributed by atoms with van der Waals surface area (Å²) < 4.78 is 5.23. The van der Waals surface area contributed by atoms with Gasteiger partial charge in [-0.15, -0.1) is 0 Å². The van der Waals surface area contributed by atoms with E-state index in [0.29, 0.717) is 5.92 Å². The van der Waals surface area contributed by atoms with Gasteiger partial charge in [-0.2, -0.15) is 0 Å². The third-order valence-electron chi connectivity index (χ3n) is 1.91. The maximum atomic E-state index is 8.75. The van der Waals surface area contributed by atoms with Crippen molar-refractivity contribution < 1.29 is 9.84 Å². The second-order valence-corrected chi connectivity index (χ2v) is 3.88. The summed E-state index contributed by atoms with van der Waals surface area (Å²) in [7, 11) is 1.71. The molecule has 0 aromatic carbocycles. The molecule has 3 nitrogen and oxygen atoms in total. The van der Waals surface area contributed by atoms with Gasteiger partial charge < -0.3 is 15.2 Å². The normalized spacial score (nSPS) is 14.8. The first kappa shape index (κ1) is 11.9. The average molecular weight is 175 g/mol. The molecule has 0 spiro atoms. The van der Waals surface area contributed by atoms with Crippen LogP contribution in [0.5, 0.6) is 0 Å². The molecular formula is C9H21NO2. The zero-order valence-electron chi connectivity index (χ0n) is 8.55. The van der Waals surface area contributed by atoms with E-state index in [9.17, 15) is 0 Å². The van der Waals surface area contributed by atoms with E-state index in [4.69, 9.17) is 9.84 Å². The predicted octanol–water partition coefficient (Wildman–Crippen LogP) is 0.629. The van der Waals surface area contributed by atoms with Crippen LogP contribution in [0, 0.1) is 5.92 Å². The monoisotopic (exact) mass is 175 g/mol. The molecule has 0 aromatic rings. The molecule has 2 N–H and O–H groups in total. The van der Waals surface area contributed by atoms with Gasteiger partial charge in [0.25, 0.3) is 0 Å². The minimum atomic E-state index is -0.116. The highest BCUT2D eigenvalue weighted by Gasteiger charge is 2.15. The largest absolute Gasteiger partial charge is 0.396 e. The summed E-state index contributed by atoms with van der Waals surface area (Å²) >= 11 is 0. The summed E-state index contributed by atoms with van der Waals surface area (Å²) in [6.07, 6.45) is 0. The molecule has 74 valence electrons. The molecular weight excluding hydrogens is 154 g/mol. The van der Waals surface area contributed by atoms with Gasteiger partial charge in [-0.25, -0.2) is 0 Å². The number of aliphatic hydroxyl groups excluding tert-OH is 1. The van der Waals surface area contributed by atoms with E-state index in [1.165, 1.54) is 0 Å². The van der Waals surface area contributed by atoms with Crippen molar-refractivity contribution >= 4 is 0 Å². The number of aliphatic hydroxyl groups is 1. The van der Waals surface area contributed by atoms with Gasteiger partial charge in [-0.3, -0.25) is 0 Å². The number of hydrogen-bond acceptors (Lipinski definition) is 3. The first-order valence-electron chi connectivity index (χ1n) is 4.38. The molecule has 0 amide bonds. The third-order valence-corrected chi connectivity index (χ3v) is 1.91. The topological polar surface area (TPSA) is 41.5 Å². The Labute approximate surface area is 75.1 Å². The molecule has 0 aliphatic carbocycles. The molecule has 0 heterocycles. The number of methoxy groups -OCH3 is 1. The molecule has 1 atom stereocenters. The Bertz CT molecular complexity index is 115. The first-order valence-corrected chi connectivity index (χ1v) is 4.38. The van der Waals surface area contributed by atoms with Crippen LogP contribution < -0.4 is 5.32 Å². The Morgan fingerprint density at radius 2 is 2.08 bits per heavy atom. The number of rotatable bonds is 6. The summed E-state index contributed by atoms with van der Waals surface area (Å²) in [4.78, 5) is 0. The molecule has 0 aliphatic heterocycles. The van der Waals surface area contributed by atoms with Crippen molar-refractivity contribution in [3.63, 3.8) is 0 Å². The summed E-state index contributed by atoms with van der Waals surface area (Å²) in [6.45, 7) is 7.96. The van der Waals surface area contributed by atoms with E-state index in [1.54, 1.807) is 7.11 Å². The molecule has 0 saturated heterocycles. The van der Waals surface area contributed by atoms with Crippen molar-refractivity contribution in [2.45, 2.75) is 26.4 Å². The smallest absolute Gasteiger partial charge is 0.0746 e. The second-order valence-electron chi connectivity index (χ2n) is 3.88. The SMILES string of the molecule is COC(C)(C)CNCC(C)CO. The lowest BCUT2D eigenvalue weighted by Crippen LogP contribution is -2.38. The number of nitrogens with one attached hydrogen (secondary N) is 1. The Balaban J connectivity index is 3.42. The standard InChI is InChI=1S/C9H21NO2/c1-8(6-11)5-10-7-9(2,3)12-4/h8,10-11H,5-7H2,1-4H3. The van der Waals surface area contributed by atoms with E-state index in [1.807, 2.05) is 20.8 Å². The van der Waals surface area contributed by atoms with Crippen molar-refractivity contribution in [2.24, 2.45) is 5.92 Å². The number of hydrogen-bond donors (Lipinski definition) is 2. The molecule has 0 rings (SSSR count). The fourth-order valence-corrected chi connectivity index (χ4v) is 0.756. The number of ether oxygens (including phenoxy) is 1. The van der Waals surface area contributed by atoms with Crippen molar-refractivity contribution in [1.29, 1.82) is 0 Å². The van der Waals surface area contributed by atoms with Gasteiger partial charge in [-0.1, -0.05) is 6.92 Å². The van der Waals surface area contributed by atoms with Gasteiger partial charge in [0, 0.05) is 20.3 Å². The molecule has 0 radical (unpaired) electrons. The zero-order chi connectivity index (χ0) is 9.61. The van der Waals surface area contributed by atoms with E-state index >= 15 is 0 Å². The van der Waals surface area contributed by atoms with Crippen LogP contribution in [-0.4, -0.2) is 37.5 Å². The van der Waals surface area contributed by atoms with Gasteiger partial charge in [-0.05, 0) is 26.3 Å². The third kappa shape index (κ3) is 5.52. The Morgan fingerprint density at radius 3 is 2.50 bits per heavy atom. The van der Waals surface area contributed by atoms with Crippen LogP contribution in [0.25, 0.3) is 0 Å². The fraction of sp³-hybridized carbons (Fsp3) is 1.00. The van der Waals surface area contributed by atoms with Gasteiger partial charge in [0.1, 0.15) is 0 Å². The van der Waals surface area contributed by atoms with Crippen molar-refractivity contribution in [1.82, 2.24) is 5.32 Å². The Morgan fingerprint density at radius 1 is 1.50 bits per heavy atom. The molecule has 0 fully saturated rings. The maximum Gasteiger partial charge on any atom is 0.0746 e. The van der Waals surface area contributed by atoms with Crippen LogP contribution in [0.15, 0.2) is 0 Å². The highest BCUT2D eigenvalue weighted by molar-refractivity contribution is 4.71. The zero-order valence-corrected chi connectivity index (χ0v) is 8.55. The van der Waals surface area contributed by atoms with Crippen LogP contribution in [-0.2, 0) is 4.74 Å². The average Bonchev–Trinajstić information content (AvgIpc) is 2.04. The summed E-state index contributed by atoms with van der Waals surface area (Å²) in [6, 6.07) is 0. The summed E-state index contributed by atoms with van der Waals surface area (Å²) in [5.74, 6) is 0.317. The molecule has 0 saturated carbocycles. The molecule has 0 bridgehead atoms. The lowest BCUT2D eigenvalue weighted by atomic mass is 10.1. The van der Waals surface area contributed by atoms with Crippen molar-refractivity contribution in [3.05, 3.63) is 0 Å². The lowest BCUT2D eigenvalue weighted by Gasteiger charge is -2.24. The quantitative estimate of drug-likeness (QED) is 0.622. The Kier molecular flexibility index (Phi) is 5.46. The van der Waals surface area contributed by atoms with Gasteiger partial charge in [0.05, 0.1) is 5.60 Å². The summed E-state index contributed by atoms with van der Waals surface area (Å²) in [5, 5.41) is 12.0. The van der Waals surface area contributed by atoms with Crippen molar-refractivity contribution in [3.8, 4) is 0 Å².